The average Bonchev–Trinajstić information content (AvgIpc) is 2.70. The first kappa shape index (κ1) is 13.3. The van der Waals surface area contributed by atoms with Gasteiger partial charge < -0.3 is 10.2 Å². The minimum atomic E-state index is 0.212. The molecule has 0 unspecified atom stereocenters. The van der Waals surface area contributed by atoms with Crippen LogP contribution in [-0.4, -0.2) is 53.9 Å². The Morgan fingerprint density at radius 2 is 2.33 bits per heavy atom. The van der Waals surface area contributed by atoms with Crippen LogP contribution < -0.4 is 5.32 Å². The second-order valence-corrected chi connectivity index (χ2v) is 5.66. The molecule has 1 aliphatic rings. The average molecular weight is 268 g/mol. The summed E-state index contributed by atoms with van der Waals surface area (Å²) in [6.07, 6.45) is 2.95. The van der Waals surface area contributed by atoms with Crippen LogP contribution in [0.4, 0.5) is 5.13 Å². The molecule has 1 aromatic rings. The molecule has 18 heavy (non-hydrogen) atoms. The number of amides is 1. The van der Waals surface area contributed by atoms with E-state index in [4.69, 9.17) is 0 Å². The maximum atomic E-state index is 11.8. The summed E-state index contributed by atoms with van der Waals surface area (Å²) in [6, 6.07) is 0. The summed E-state index contributed by atoms with van der Waals surface area (Å²) in [7, 11) is 1.88. The van der Waals surface area contributed by atoms with Gasteiger partial charge in [-0.3, -0.25) is 9.69 Å². The largest absolute Gasteiger partial charge is 0.362 e. The third-order valence-electron chi connectivity index (χ3n) is 3.01. The molecular formula is C12H20N4OS. The number of likely N-dealkylation sites (N-methyl/N-ethyl adjacent to an activating group) is 1. The van der Waals surface area contributed by atoms with Crippen molar-refractivity contribution in [3.8, 4) is 0 Å². The third-order valence-corrected chi connectivity index (χ3v) is 3.95. The molecule has 1 fully saturated rings. The zero-order chi connectivity index (χ0) is 13.0. The summed E-state index contributed by atoms with van der Waals surface area (Å²) in [6.45, 7) is 6.13. The molecule has 5 nitrogen and oxygen atoms in total. The number of carbonyl (C=O) groups excluding carboxylic acids is 1. The maximum Gasteiger partial charge on any atom is 0.236 e. The molecule has 0 atom stereocenters. The summed E-state index contributed by atoms with van der Waals surface area (Å²) < 4.78 is 0. The zero-order valence-corrected chi connectivity index (χ0v) is 11.8. The Kier molecular flexibility index (Phi) is 4.54. The highest BCUT2D eigenvalue weighted by Gasteiger charge is 2.19. The van der Waals surface area contributed by atoms with Crippen molar-refractivity contribution in [3.63, 3.8) is 0 Å². The van der Waals surface area contributed by atoms with Gasteiger partial charge >= 0.3 is 0 Å². The van der Waals surface area contributed by atoms with Crippen LogP contribution in [0.3, 0.4) is 0 Å². The van der Waals surface area contributed by atoms with Crippen LogP contribution >= 0.6 is 11.3 Å². The van der Waals surface area contributed by atoms with E-state index >= 15 is 0 Å². The van der Waals surface area contributed by atoms with Gasteiger partial charge in [-0.05, 0) is 13.3 Å². The quantitative estimate of drug-likeness (QED) is 0.892. The SMILES string of the molecule is CCNc1ncc(CN2CCCN(C)C(=O)C2)s1. The van der Waals surface area contributed by atoms with Crippen LogP contribution in [0.5, 0.6) is 0 Å². The fourth-order valence-corrected chi connectivity index (χ4v) is 2.94. The van der Waals surface area contributed by atoms with Crippen LogP contribution in [0.25, 0.3) is 0 Å². The second-order valence-electron chi connectivity index (χ2n) is 4.54. The van der Waals surface area contributed by atoms with E-state index in [1.54, 1.807) is 11.3 Å². The molecule has 0 spiro atoms. The molecule has 1 aromatic heterocycles. The van der Waals surface area contributed by atoms with Crippen molar-refractivity contribution in [2.45, 2.75) is 19.9 Å². The van der Waals surface area contributed by atoms with Crippen molar-refractivity contribution < 1.29 is 4.79 Å². The van der Waals surface area contributed by atoms with Crippen LogP contribution in [0.1, 0.15) is 18.2 Å². The highest BCUT2D eigenvalue weighted by atomic mass is 32.1. The molecule has 1 saturated heterocycles. The van der Waals surface area contributed by atoms with Gasteiger partial charge in [-0.15, -0.1) is 11.3 Å². The molecule has 6 heteroatoms. The Morgan fingerprint density at radius 1 is 1.50 bits per heavy atom. The van der Waals surface area contributed by atoms with Crippen LogP contribution in [0.15, 0.2) is 6.20 Å². The summed E-state index contributed by atoms with van der Waals surface area (Å²) in [4.78, 5) is 21.3. The normalized spacial score (nSPS) is 17.9. The molecule has 2 rings (SSSR count). The number of thiazole rings is 1. The van der Waals surface area contributed by atoms with Crippen molar-refractivity contribution in [2.75, 3.05) is 38.5 Å². The van der Waals surface area contributed by atoms with E-state index in [2.05, 4.69) is 22.1 Å². The van der Waals surface area contributed by atoms with Gasteiger partial charge in [-0.2, -0.15) is 0 Å². The van der Waals surface area contributed by atoms with Crippen molar-refractivity contribution in [1.29, 1.82) is 0 Å². The summed E-state index contributed by atoms with van der Waals surface area (Å²) in [5.74, 6) is 0.212. The molecule has 1 N–H and O–H groups in total. The first-order valence-electron chi connectivity index (χ1n) is 6.34. The number of anilines is 1. The number of nitrogens with zero attached hydrogens (tertiary/aromatic N) is 3. The van der Waals surface area contributed by atoms with E-state index in [-0.39, 0.29) is 5.91 Å². The third kappa shape index (κ3) is 3.43. The number of aromatic nitrogens is 1. The highest BCUT2D eigenvalue weighted by Crippen LogP contribution is 2.20. The molecular weight excluding hydrogens is 248 g/mol. The molecule has 0 saturated carbocycles. The van der Waals surface area contributed by atoms with Gasteiger partial charge in [0.25, 0.3) is 0 Å². The number of nitrogens with one attached hydrogen (secondary N) is 1. The van der Waals surface area contributed by atoms with Gasteiger partial charge in [0.1, 0.15) is 0 Å². The smallest absolute Gasteiger partial charge is 0.236 e. The van der Waals surface area contributed by atoms with Gasteiger partial charge in [0.15, 0.2) is 5.13 Å². The first-order valence-corrected chi connectivity index (χ1v) is 7.15. The van der Waals surface area contributed by atoms with E-state index in [1.165, 1.54) is 4.88 Å². The lowest BCUT2D eigenvalue weighted by Crippen LogP contribution is -2.33. The van der Waals surface area contributed by atoms with Gasteiger partial charge in [0.2, 0.25) is 5.91 Å². The molecule has 0 aromatic carbocycles. The fourth-order valence-electron chi connectivity index (χ4n) is 2.02. The molecule has 0 bridgehead atoms. The Balaban J connectivity index is 1.93. The predicted octanol–water partition coefficient (Wildman–Crippen LogP) is 1.24. The highest BCUT2D eigenvalue weighted by molar-refractivity contribution is 7.15. The second kappa shape index (κ2) is 6.15. The van der Waals surface area contributed by atoms with Crippen LogP contribution in [0.2, 0.25) is 0 Å². The lowest BCUT2D eigenvalue weighted by Gasteiger charge is -2.17. The Hall–Kier alpha value is -1.14. The summed E-state index contributed by atoms with van der Waals surface area (Å²) >= 11 is 1.67. The molecule has 100 valence electrons. The number of carbonyl (C=O) groups is 1. The number of rotatable bonds is 4. The topological polar surface area (TPSA) is 48.5 Å². The molecule has 0 aliphatic carbocycles. The fraction of sp³-hybridized carbons (Fsp3) is 0.667. The zero-order valence-electron chi connectivity index (χ0n) is 11.0. The lowest BCUT2D eigenvalue weighted by atomic mass is 10.4. The number of hydrogen-bond donors (Lipinski definition) is 1. The van der Waals surface area contributed by atoms with Crippen molar-refractivity contribution in [1.82, 2.24) is 14.8 Å². The van der Waals surface area contributed by atoms with Crippen LogP contribution in [-0.2, 0) is 11.3 Å². The van der Waals surface area contributed by atoms with E-state index in [1.807, 2.05) is 18.1 Å². The van der Waals surface area contributed by atoms with E-state index in [0.717, 1.165) is 37.7 Å². The lowest BCUT2D eigenvalue weighted by molar-refractivity contribution is -0.129. The Labute approximate surface area is 112 Å². The van der Waals surface area contributed by atoms with Crippen molar-refractivity contribution >= 4 is 22.4 Å². The monoisotopic (exact) mass is 268 g/mol. The van der Waals surface area contributed by atoms with E-state index < -0.39 is 0 Å². The Morgan fingerprint density at radius 3 is 3.11 bits per heavy atom. The molecule has 1 amide bonds. The number of hydrogen-bond acceptors (Lipinski definition) is 5. The van der Waals surface area contributed by atoms with Gasteiger partial charge in [0, 0.05) is 44.3 Å². The van der Waals surface area contributed by atoms with Gasteiger partial charge in [0.05, 0.1) is 6.54 Å². The van der Waals surface area contributed by atoms with Gasteiger partial charge in [-0.1, -0.05) is 0 Å². The minimum Gasteiger partial charge on any atom is -0.362 e. The maximum absolute atomic E-state index is 11.8. The van der Waals surface area contributed by atoms with Crippen molar-refractivity contribution in [2.24, 2.45) is 0 Å². The Bertz CT molecular complexity index is 407. The van der Waals surface area contributed by atoms with Crippen LogP contribution in [0, 0.1) is 0 Å². The van der Waals surface area contributed by atoms with Crippen molar-refractivity contribution in [3.05, 3.63) is 11.1 Å². The molecule has 0 radical (unpaired) electrons. The molecule has 1 aliphatic heterocycles. The predicted molar refractivity (Wildman–Crippen MR) is 73.8 cm³/mol. The summed E-state index contributed by atoms with van der Waals surface area (Å²) in [5.41, 5.74) is 0. The van der Waals surface area contributed by atoms with E-state index in [9.17, 15) is 4.79 Å². The minimum absolute atomic E-state index is 0.212. The first-order chi connectivity index (χ1) is 8.69. The molecule has 2 heterocycles. The summed E-state index contributed by atoms with van der Waals surface area (Å²) in [5, 5.41) is 4.17. The standard InChI is InChI=1S/C12H20N4OS/c1-3-13-12-14-7-10(18-12)8-16-6-4-5-15(2)11(17)9-16/h7H,3-6,8-9H2,1-2H3,(H,13,14). The van der Waals surface area contributed by atoms with E-state index in [0.29, 0.717) is 6.54 Å². The van der Waals surface area contributed by atoms with Gasteiger partial charge in [-0.25, -0.2) is 4.98 Å².